The van der Waals surface area contributed by atoms with Crippen LogP contribution in [0.2, 0.25) is 0 Å². The molecular weight excluding hydrogens is 266 g/mol. The van der Waals surface area contributed by atoms with Gasteiger partial charge in [-0.25, -0.2) is 0 Å². The van der Waals surface area contributed by atoms with Crippen molar-refractivity contribution in [1.29, 1.82) is 0 Å². The number of hydrogen-bond acceptors (Lipinski definition) is 4. The third-order valence-electron chi connectivity index (χ3n) is 2.34. The monoisotopic (exact) mass is 285 g/mol. The largest absolute Gasteiger partial charge is 0.493 e. The van der Waals surface area contributed by atoms with Gasteiger partial charge in [-0.15, -0.1) is 0 Å². The number of ether oxygens (including phenoxy) is 2. The molecule has 0 aliphatic carbocycles. The lowest BCUT2D eigenvalue weighted by molar-refractivity contribution is 0.295. The highest BCUT2D eigenvalue weighted by Gasteiger charge is 2.06. The van der Waals surface area contributed by atoms with Crippen molar-refractivity contribution in [2.45, 2.75) is 13.3 Å². The highest BCUT2D eigenvalue weighted by Crippen LogP contribution is 2.28. The quantitative estimate of drug-likeness (QED) is 0.588. The second-order valence-corrected chi connectivity index (χ2v) is 5.46. The van der Waals surface area contributed by atoms with Crippen molar-refractivity contribution in [2.75, 3.05) is 25.2 Å². The Hall–Kier alpha value is -0.940. The second-order valence-electron chi connectivity index (χ2n) is 3.63. The second kappa shape index (κ2) is 8.21. The molecule has 0 aliphatic rings. The molecule has 0 aromatic heterocycles. The lowest BCUT2D eigenvalue weighted by Gasteiger charge is -2.11. The molecule has 2 N–H and O–H groups in total. The molecule has 0 saturated heterocycles. The first-order valence-corrected chi connectivity index (χ1v) is 7.43. The van der Waals surface area contributed by atoms with Crippen LogP contribution in [0.15, 0.2) is 18.2 Å². The van der Waals surface area contributed by atoms with E-state index in [4.69, 9.17) is 27.4 Å². The lowest BCUT2D eigenvalue weighted by atomic mass is 10.2. The fraction of sp³-hybridized carbons (Fsp3) is 0.462. The van der Waals surface area contributed by atoms with E-state index in [2.05, 4.69) is 6.92 Å². The van der Waals surface area contributed by atoms with Crippen LogP contribution >= 0.6 is 24.0 Å². The standard InChI is InChI=1S/C13H19NO2S2/c1-3-18-8-4-7-16-11-6-5-10(13(14)17)9-12(11)15-2/h5-6,9H,3-4,7-8H2,1-2H3,(H2,14,17). The van der Waals surface area contributed by atoms with Gasteiger partial charge in [0.15, 0.2) is 11.5 Å². The third kappa shape index (κ3) is 4.74. The molecule has 0 bridgehead atoms. The molecule has 5 heteroatoms. The van der Waals surface area contributed by atoms with E-state index in [-0.39, 0.29) is 0 Å². The minimum atomic E-state index is 0.360. The maximum Gasteiger partial charge on any atom is 0.161 e. The normalized spacial score (nSPS) is 10.1. The summed E-state index contributed by atoms with van der Waals surface area (Å²) in [6, 6.07) is 5.50. The van der Waals surface area contributed by atoms with Crippen LogP contribution in [0.4, 0.5) is 0 Å². The number of thioether (sulfide) groups is 1. The molecule has 18 heavy (non-hydrogen) atoms. The predicted molar refractivity (Wildman–Crippen MR) is 82.0 cm³/mol. The summed E-state index contributed by atoms with van der Waals surface area (Å²) in [7, 11) is 1.61. The highest BCUT2D eigenvalue weighted by atomic mass is 32.2. The Morgan fingerprint density at radius 1 is 1.39 bits per heavy atom. The van der Waals surface area contributed by atoms with E-state index in [1.165, 1.54) is 0 Å². The molecule has 3 nitrogen and oxygen atoms in total. The minimum absolute atomic E-state index is 0.360. The molecule has 0 amide bonds. The molecule has 100 valence electrons. The van der Waals surface area contributed by atoms with Crippen molar-refractivity contribution in [3.63, 3.8) is 0 Å². The van der Waals surface area contributed by atoms with Crippen LogP contribution in [0.1, 0.15) is 18.9 Å². The Labute approximate surface area is 118 Å². The average Bonchev–Trinajstić information content (AvgIpc) is 2.38. The van der Waals surface area contributed by atoms with Gasteiger partial charge < -0.3 is 15.2 Å². The highest BCUT2D eigenvalue weighted by molar-refractivity contribution is 7.99. The summed E-state index contributed by atoms with van der Waals surface area (Å²) in [5.41, 5.74) is 6.36. The van der Waals surface area contributed by atoms with E-state index in [0.717, 1.165) is 29.2 Å². The van der Waals surface area contributed by atoms with Crippen LogP contribution in [0, 0.1) is 0 Å². The van der Waals surface area contributed by atoms with Gasteiger partial charge in [0.25, 0.3) is 0 Å². The van der Waals surface area contributed by atoms with Crippen LogP contribution in [0.25, 0.3) is 0 Å². The van der Waals surface area contributed by atoms with Crippen molar-refractivity contribution in [1.82, 2.24) is 0 Å². The van der Waals surface area contributed by atoms with Gasteiger partial charge in [0.05, 0.1) is 13.7 Å². The summed E-state index contributed by atoms with van der Waals surface area (Å²) in [4.78, 5) is 0.360. The van der Waals surface area contributed by atoms with E-state index in [9.17, 15) is 0 Å². The van der Waals surface area contributed by atoms with Crippen molar-refractivity contribution in [3.8, 4) is 11.5 Å². The minimum Gasteiger partial charge on any atom is -0.493 e. The Morgan fingerprint density at radius 2 is 2.17 bits per heavy atom. The molecule has 0 saturated carbocycles. The number of benzene rings is 1. The average molecular weight is 285 g/mol. The smallest absolute Gasteiger partial charge is 0.161 e. The van der Waals surface area contributed by atoms with Crippen molar-refractivity contribution in [3.05, 3.63) is 23.8 Å². The Kier molecular flexibility index (Phi) is 6.90. The zero-order valence-corrected chi connectivity index (χ0v) is 12.4. The van der Waals surface area contributed by atoms with Crippen LogP contribution in [0.5, 0.6) is 11.5 Å². The van der Waals surface area contributed by atoms with Gasteiger partial charge in [-0.3, -0.25) is 0 Å². The molecular formula is C13H19NO2S2. The molecule has 1 aromatic rings. The summed E-state index contributed by atoms with van der Waals surface area (Å²) in [5.74, 6) is 3.66. The van der Waals surface area contributed by atoms with E-state index in [0.29, 0.717) is 17.3 Å². The molecule has 0 unspecified atom stereocenters. The molecule has 0 heterocycles. The number of rotatable bonds is 8. The molecule has 1 rings (SSSR count). The van der Waals surface area contributed by atoms with Gasteiger partial charge in [0.1, 0.15) is 4.99 Å². The Bertz CT molecular complexity index is 397. The fourth-order valence-electron chi connectivity index (χ4n) is 1.43. The van der Waals surface area contributed by atoms with Gasteiger partial charge in [0, 0.05) is 5.56 Å². The molecule has 0 fully saturated rings. The van der Waals surface area contributed by atoms with Crippen molar-refractivity contribution in [2.24, 2.45) is 5.73 Å². The van der Waals surface area contributed by atoms with Gasteiger partial charge in [-0.1, -0.05) is 19.1 Å². The van der Waals surface area contributed by atoms with Crippen LogP contribution < -0.4 is 15.2 Å². The van der Waals surface area contributed by atoms with Gasteiger partial charge >= 0.3 is 0 Å². The summed E-state index contributed by atoms with van der Waals surface area (Å²) < 4.78 is 11.0. The number of methoxy groups -OCH3 is 1. The zero-order chi connectivity index (χ0) is 13.4. The third-order valence-corrected chi connectivity index (χ3v) is 3.56. The van der Waals surface area contributed by atoms with Gasteiger partial charge in [-0.05, 0) is 36.1 Å². The number of thiocarbonyl (C=S) groups is 1. The maximum atomic E-state index is 5.69. The SMILES string of the molecule is CCSCCCOc1ccc(C(N)=S)cc1OC. The fourth-order valence-corrected chi connectivity index (χ4v) is 2.17. The van der Waals surface area contributed by atoms with Crippen molar-refractivity contribution < 1.29 is 9.47 Å². The summed E-state index contributed by atoms with van der Waals surface area (Å²) >= 11 is 6.84. The van der Waals surface area contributed by atoms with Crippen LogP contribution in [-0.4, -0.2) is 30.2 Å². The van der Waals surface area contributed by atoms with Crippen LogP contribution in [-0.2, 0) is 0 Å². The molecule has 0 radical (unpaired) electrons. The number of hydrogen-bond donors (Lipinski definition) is 1. The van der Waals surface area contributed by atoms with Gasteiger partial charge in [0.2, 0.25) is 0 Å². The Balaban J connectivity index is 2.57. The van der Waals surface area contributed by atoms with Crippen molar-refractivity contribution >= 4 is 29.0 Å². The van der Waals surface area contributed by atoms with E-state index in [1.54, 1.807) is 13.2 Å². The first-order chi connectivity index (χ1) is 8.69. The van der Waals surface area contributed by atoms with E-state index >= 15 is 0 Å². The molecule has 1 aromatic carbocycles. The molecule has 0 aliphatic heterocycles. The zero-order valence-electron chi connectivity index (χ0n) is 10.8. The first-order valence-electron chi connectivity index (χ1n) is 5.87. The number of nitrogens with two attached hydrogens (primary N) is 1. The van der Waals surface area contributed by atoms with E-state index in [1.807, 2.05) is 23.9 Å². The summed E-state index contributed by atoms with van der Waals surface area (Å²) in [6.07, 6.45) is 1.03. The maximum absolute atomic E-state index is 5.69. The first kappa shape index (κ1) is 15.1. The topological polar surface area (TPSA) is 44.5 Å². The predicted octanol–water partition coefficient (Wildman–Crippen LogP) is 2.85. The molecule has 0 spiro atoms. The summed E-state index contributed by atoms with van der Waals surface area (Å²) in [6.45, 7) is 2.85. The van der Waals surface area contributed by atoms with Crippen LogP contribution in [0.3, 0.4) is 0 Å². The summed E-state index contributed by atoms with van der Waals surface area (Å²) in [5, 5.41) is 0. The Morgan fingerprint density at radius 3 is 2.78 bits per heavy atom. The van der Waals surface area contributed by atoms with E-state index < -0.39 is 0 Å². The lowest BCUT2D eigenvalue weighted by Crippen LogP contribution is -2.09. The van der Waals surface area contributed by atoms with Gasteiger partial charge in [-0.2, -0.15) is 11.8 Å². The molecule has 0 atom stereocenters.